The molecule has 1 amide bonds. The maximum Gasteiger partial charge on any atom is 0.469 e. The summed E-state index contributed by atoms with van der Waals surface area (Å²) in [7, 11) is -4.90. The van der Waals surface area contributed by atoms with Gasteiger partial charge in [-0.3, -0.25) is 23.7 Å². The van der Waals surface area contributed by atoms with Crippen LogP contribution in [0.5, 0.6) is 0 Å². The second-order valence-corrected chi connectivity index (χ2v) is 6.54. The van der Waals surface area contributed by atoms with E-state index in [1.54, 1.807) is 4.98 Å². The van der Waals surface area contributed by atoms with Crippen LogP contribution in [0.4, 0.5) is 0 Å². The number of aliphatic hydroxyl groups excluding tert-OH is 2. The molecule has 7 N–H and O–H groups in total. The summed E-state index contributed by atoms with van der Waals surface area (Å²) in [5.41, 5.74) is 2.31. The average molecular weight is 381 g/mol. The van der Waals surface area contributed by atoms with E-state index in [1.165, 1.54) is 6.92 Å². The fourth-order valence-corrected chi connectivity index (χ4v) is 2.98. The predicted molar refractivity (Wildman–Crippen MR) is 78.4 cm³/mol. The van der Waals surface area contributed by atoms with Crippen LogP contribution in [0.1, 0.15) is 23.5 Å². The number of H-pyrrole nitrogens is 1. The topological polar surface area (TPSA) is 214 Å². The largest absolute Gasteiger partial charge is 0.469 e. The van der Waals surface area contributed by atoms with E-state index in [0.717, 1.165) is 6.20 Å². The highest BCUT2D eigenvalue weighted by Crippen LogP contribution is 2.41. The molecule has 0 aliphatic carbocycles. The molecule has 25 heavy (non-hydrogen) atoms. The van der Waals surface area contributed by atoms with E-state index in [2.05, 4.69) is 4.52 Å². The van der Waals surface area contributed by atoms with Crippen LogP contribution in [-0.4, -0.2) is 59.9 Å². The molecule has 1 unspecified atom stereocenters. The van der Waals surface area contributed by atoms with Crippen molar-refractivity contribution in [1.82, 2.24) is 9.55 Å². The lowest BCUT2D eigenvalue weighted by atomic mass is 10.1. The molecule has 14 heteroatoms. The van der Waals surface area contributed by atoms with Gasteiger partial charge in [-0.15, -0.1) is 0 Å². The van der Waals surface area contributed by atoms with Crippen LogP contribution in [0.25, 0.3) is 0 Å². The Morgan fingerprint density at radius 1 is 1.40 bits per heavy atom. The number of nitrogens with one attached hydrogen (secondary N) is 1. The van der Waals surface area contributed by atoms with Gasteiger partial charge in [-0.2, -0.15) is 0 Å². The number of amides is 1. The normalized spacial score (nSPS) is 28.0. The fourth-order valence-electron chi connectivity index (χ4n) is 2.43. The molecule has 1 saturated heterocycles. The molecule has 1 aliphatic heterocycles. The minimum absolute atomic E-state index is 0.590. The Kier molecular flexibility index (Phi) is 5.30. The Labute approximate surface area is 138 Å². The van der Waals surface area contributed by atoms with Crippen LogP contribution >= 0.6 is 7.82 Å². The molecule has 1 fully saturated rings. The molecular weight excluding hydrogens is 365 g/mol. The zero-order valence-corrected chi connectivity index (χ0v) is 13.6. The van der Waals surface area contributed by atoms with E-state index in [1.807, 2.05) is 0 Å². The molecule has 5 atom stereocenters. The Balaban J connectivity index is 2.37. The number of carbonyl (C=O) groups is 1. The molecule has 140 valence electrons. The van der Waals surface area contributed by atoms with Crippen LogP contribution in [0.3, 0.4) is 0 Å². The fraction of sp³-hybridized carbons (Fsp3) is 0.545. The van der Waals surface area contributed by atoms with Crippen molar-refractivity contribution in [3.8, 4) is 0 Å². The van der Waals surface area contributed by atoms with Crippen LogP contribution in [0.15, 0.2) is 15.8 Å². The third kappa shape index (κ3) is 4.04. The number of hydrogen-bond acceptors (Lipinski definition) is 8. The van der Waals surface area contributed by atoms with Crippen molar-refractivity contribution >= 4 is 13.7 Å². The highest BCUT2D eigenvalue weighted by molar-refractivity contribution is 7.46. The zero-order chi connectivity index (χ0) is 19.1. The molecule has 1 aliphatic rings. The number of carbonyl (C=O) groups excluding carboxylic acids is 1. The number of phosphoric acid groups is 1. The quantitative estimate of drug-likeness (QED) is 0.280. The van der Waals surface area contributed by atoms with Crippen molar-refractivity contribution in [2.45, 2.75) is 37.6 Å². The van der Waals surface area contributed by atoms with Crippen molar-refractivity contribution in [1.29, 1.82) is 0 Å². The van der Waals surface area contributed by atoms with Gasteiger partial charge in [0, 0.05) is 6.20 Å². The number of primary amides is 1. The summed E-state index contributed by atoms with van der Waals surface area (Å²) in [6, 6.07) is 0. The molecule has 0 radical (unpaired) electrons. The molecular formula is C11H16N3O10P. The first-order valence-corrected chi connectivity index (χ1v) is 8.36. The summed E-state index contributed by atoms with van der Waals surface area (Å²) in [6.07, 6.45) is -6.99. The molecule has 0 saturated carbocycles. The van der Waals surface area contributed by atoms with Crippen LogP contribution in [0, 0.1) is 0 Å². The monoisotopic (exact) mass is 381 g/mol. The van der Waals surface area contributed by atoms with Gasteiger partial charge in [-0.1, -0.05) is 0 Å². The number of rotatable bonds is 5. The molecule has 1 aromatic heterocycles. The standard InChI is InChI=1S/C11H16N3O10P/c1-3(24-25(20,21)22)7-5(15)6(16)10(23-7)14-2-4(8(12)17)9(18)13-11(14)19/h2-3,5-7,10,15-16H,1H3,(H2,12,17)(H,13,18,19)(H2,20,21,22)/t3?,5-,6+,7+,10+/m0/s1. The first kappa shape index (κ1) is 19.5. The van der Waals surface area contributed by atoms with Crippen molar-refractivity contribution in [2.75, 3.05) is 0 Å². The molecule has 0 spiro atoms. The van der Waals surface area contributed by atoms with Crippen molar-refractivity contribution in [3.05, 3.63) is 32.6 Å². The third-order valence-corrected chi connectivity index (χ3v) is 4.16. The second kappa shape index (κ2) is 6.80. The SMILES string of the molecule is CC(OP(=O)(O)O)[C@H]1O[C@@H](n2cc(C(N)=O)c(=O)[nH]c2=O)[C@H](O)[C@@H]1O. The number of hydrogen-bond donors (Lipinski definition) is 6. The summed E-state index contributed by atoms with van der Waals surface area (Å²) in [4.78, 5) is 54.0. The third-order valence-electron chi connectivity index (χ3n) is 3.55. The minimum atomic E-state index is -4.90. The lowest BCUT2D eigenvalue weighted by molar-refractivity contribution is -0.0784. The van der Waals surface area contributed by atoms with Gasteiger partial charge in [0.05, 0.1) is 6.10 Å². The average Bonchev–Trinajstić information content (AvgIpc) is 2.73. The summed E-state index contributed by atoms with van der Waals surface area (Å²) in [5, 5.41) is 20.1. The number of ether oxygens (including phenoxy) is 1. The van der Waals surface area contributed by atoms with Crippen LogP contribution in [-0.2, 0) is 13.8 Å². The Bertz CT molecular complexity index is 828. The van der Waals surface area contributed by atoms with Crippen LogP contribution in [0.2, 0.25) is 0 Å². The smallest absolute Gasteiger partial charge is 0.387 e. The van der Waals surface area contributed by atoms with Gasteiger partial charge in [-0.25, -0.2) is 9.36 Å². The van der Waals surface area contributed by atoms with Gasteiger partial charge in [0.15, 0.2) is 6.23 Å². The van der Waals surface area contributed by atoms with E-state index in [4.69, 9.17) is 20.3 Å². The molecule has 1 aromatic rings. The number of aromatic nitrogens is 2. The van der Waals surface area contributed by atoms with Gasteiger partial charge in [0.2, 0.25) is 0 Å². The number of nitrogens with zero attached hydrogens (tertiary/aromatic N) is 1. The van der Waals surface area contributed by atoms with E-state index < -0.39 is 61.2 Å². The first-order valence-electron chi connectivity index (χ1n) is 6.83. The van der Waals surface area contributed by atoms with Crippen molar-refractivity contribution < 1.29 is 38.6 Å². The number of aliphatic hydroxyl groups is 2. The maximum atomic E-state index is 11.9. The van der Waals surface area contributed by atoms with Gasteiger partial charge in [0.25, 0.3) is 11.5 Å². The van der Waals surface area contributed by atoms with Crippen molar-refractivity contribution in [3.63, 3.8) is 0 Å². The lowest BCUT2D eigenvalue weighted by Crippen LogP contribution is -2.40. The summed E-state index contributed by atoms with van der Waals surface area (Å²) < 4.78 is 21.1. The van der Waals surface area contributed by atoms with Gasteiger partial charge in [-0.05, 0) is 6.92 Å². The highest BCUT2D eigenvalue weighted by atomic mass is 31.2. The lowest BCUT2D eigenvalue weighted by Gasteiger charge is -2.22. The summed E-state index contributed by atoms with van der Waals surface area (Å²) >= 11 is 0. The van der Waals surface area contributed by atoms with Crippen LogP contribution < -0.4 is 17.0 Å². The van der Waals surface area contributed by atoms with Crippen molar-refractivity contribution in [2.24, 2.45) is 5.73 Å². The van der Waals surface area contributed by atoms with Gasteiger partial charge >= 0.3 is 13.5 Å². The maximum absolute atomic E-state index is 11.9. The molecule has 0 bridgehead atoms. The Morgan fingerprint density at radius 3 is 2.52 bits per heavy atom. The van der Waals surface area contributed by atoms with E-state index >= 15 is 0 Å². The summed E-state index contributed by atoms with van der Waals surface area (Å²) in [6.45, 7) is 1.17. The van der Waals surface area contributed by atoms with E-state index in [-0.39, 0.29) is 0 Å². The number of phosphoric ester groups is 1. The molecule has 0 aromatic carbocycles. The van der Waals surface area contributed by atoms with E-state index in [9.17, 15) is 29.2 Å². The Morgan fingerprint density at radius 2 is 2.00 bits per heavy atom. The van der Waals surface area contributed by atoms with E-state index in [0.29, 0.717) is 4.57 Å². The Hall–Kier alpha value is -1.86. The first-order chi connectivity index (χ1) is 11.4. The van der Waals surface area contributed by atoms with Gasteiger partial charge in [0.1, 0.15) is 23.9 Å². The number of nitrogens with two attached hydrogens (primary N) is 1. The highest BCUT2D eigenvalue weighted by Gasteiger charge is 2.48. The number of aromatic amines is 1. The second-order valence-electron chi connectivity index (χ2n) is 5.35. The minimum Gasteiger partial charge on any atom is -0.387 e. The predicted octanol–water partition coefficient (Wildman–Crippen LogP) is -3.25. The van der Waals surface area contributed by atoms with Gasteiger partial charge < -0.3 is 30.5 Å². The molecule has 2 rings (SSSR count). The molecule has 13 nitrogen and oxygen atoms in total. The zero-order valence-electron chi connectivity index (χ0n) is 12.7. The molecule has 2 heterocycles. The summed E-state index contributed by atoms with van der Waals surface area (Å²) in [5.74, 6) is -1.14.